The number of sulfone groups is 1. The summed E-state index contributed by atoms with van der Waals surface area (Å²) in [5.74, 6) is 0.635. The molecular weight excluding hydrogens is 268 g/mol. The second-order valence-electron chi connectivity index (χ2n) is 5.00. The van der Waals surface area contributed by atoms with Gasteiger partial charge in [0, 0.05) is 17.0 Å². The number of nitrogens with one attached hydrogen (secondary N) is 1. The summed E-state index contributed by atoms with van der Waals surface area (Å²) < 4.78 is 22.7. The van der Waals surface area contributed by atoms with Crippen LogP contribution in [0.15, 0.2) is 0 Å². The van der Waals surface area contributed by atoms with Gasteiger partial charge in [-0.25, -0.2) is 13.4 Å². The van der Waals surface area contributed by atoms with Gasteiger partial charge in [0.25, 0.3) is 0 Å². The first-order chi connectivity index (χ1) is 8.37. The van der Waals surface area contributed by atoms with E-state index in [1.54, 1.807) is 11.3 Å². The Balaban J connectivity index is 1.96. The van der Waals surface area contributed by atoms with Crippen LogP contribution >= 0.6 is 11.3 Å². The second kappa shape index (κ2) is 5.27. The summed E-state index contributed by atoms with van der Waals surface area (Å²) in [5.41, 5.74) is 1.08. The van der Waals surface area contributed by atoms with Crippen molar-refractivity contribution in [1.29, 1.82) is 0 Å². The minimum absolute atomic E-state index is 0.252. The monoisotopic (exact) mass is 288 g/mol. The lowest BCUT2D eigenvalue weighted by molar-refractivity contribution is 0.422. The van der Waals surface area contributed by atoms with Crippen molar-refractivity contribution in [3.05, 3.63) is 15.6 Å². The Morgan fingerprint density at radius 3 is 2.44 bits per heavy atom. The zero-order valence-electron chi connectivity index (χ0n) is 11.1. The molecule has 2 rings (SSSR count). The Morgan fingerprint density at radius 1 is 1.33 bits per heavy atom. The molecule has 1 unspecified atom stereocenters. The van der Waals surface area contributed by atoms with Crippen molar-refractivity contribution >= 4 is 21.2 Å². The second-order valence-corrected chi connectivity index (χ2v) is 8.54. The smallest absolute Gasteiger partial charge is 0.150 e. The molecule has 1 aromatic rings. The van der Waals surface area contributed by atoms with Gasteiger partial charge in [-0.05, 0) is 33.6 Å². The minimum atomic E-state index is -2.77. The number of nitrogens with zero attached hydrogens (tertiary/aromatic N) is 1. The highest BCUT2D eigenvalue weighted by Gasteiger charge is 2.25. The van der Waals surface area contributed by atoms with Crippen LogP contribution in [0.3, 0.4) is 0 Å². The van der Waals surface area contributed by atoms with Crippen LogP contribution < -0.4 is 5.32 Å². The van der Waals surface area contributed by atoms with Gasteiger partial charge >= 0.3 is 0 Å². The van der Waals surface area contributed by atoms with E-state index in [0.29, 0.717) is 17.5 Å². The summed E-state index contributed by atoms with van der Waals surface area (Å²) in [7, 11) is -2.77. The van der Waals surface area contributed by atoms with E-state index in [1.165, 1.54) is 4.88 Å². The van der Waals surface area contributed by atoms with Gasteiger partial charge in [0.1, 0.15) is 9.84 Å². The van der Waals surface area contributed by atoms with E-state index in [0.717, 1.165) is 23.5 Å². The fourth-order valence-corrected chi connectivity index (χ4v) is 4.87. The van der Waals surface area contributed by atoms with E-state index >= 15 is 0 Å². The quantitative estimate of drug-likeness (QED) is 0.924. The number of thiazole rings is 1. The molecule has 1 N–H and O–H groups in total. The van der Waals surface area contributed by atoms with Crippen molar-refractivity contribution in [3.8, 4) is 0 Å². The van der Waals surface area contributed by atoms with Crippen LogP contribution in [-0.2, 0) is 9.84 Å². The zero-order chi connectivity index (χ0) is 13.3. The third-order valence-corrected chi connectivity index (χ3v) is 6.34. The van der Waals surface area contributed by atoms with Gasteiger partial charge in [-0.1, -0.05) is 0 Å². The highest BCUT2D eigenvalue weighted by atomic mass is 32.2. The summed E-state index contributed by atoms with van der Waals surface area (Å²) in [6.07, 6.45) is 1.45. The molecule has 2 heterocycles. The van der Waals surface area contributed by atoms with E-state index in [-0.39, 0.29) is 6.04 Å². The molecule has 18 heavy (non-hydrogen) atoms. The predicted molar refractivity (Wildman–Crippen MR) is 74.8 cm³/mol. The standard InChI is InChI=1S/C12H20N2O2S2/c1-8-12(17-10(3)13-8)9(2)14-11-4-6-18(15,16)7-5-11/h9,11,14H,4-7H2,1-3H3. The maximum atomic E-state index is 11.4. The van der Waals surface area contributed by atoms with Crippen molar-refractivity contribution in [2.75, 3.05) is 11.5 Å². The Labute approximate surface area is 113 Å². The number of hydrogen-bond acceptors (Lipinski definition) is 5. The maximum Gasteiger partial charge on any atom is 0.150 e. The fourth-order valence-electron chi connectivity index (χ4n) is 2.43. The molecule has 0 saturated carbocycles. The lowest BCUT2D eigenvalue weighted by Gasteiger charge is -2.26. The Morgan fingerprint density at radius 2 is 1.94 bits per heavy atom. The Bertz CT molecular complexity index is 508. The minimum Gasteiger partial charge on any atom is -0.307 e. The molecule has 1 aliphatic rings. The van der Waals surface area contributed by atoms with E-state index in [2.05, 4.69) is 17.2 Å². The number of hydrogen-bond donors (Lipinski definition) is 1. The molecule has 0 spiro atoms. The van der Waals surface area contributed by atoms with E-state index in [1.807, 2.05) is 13.8 Å². The van der Waals surface area contributed by atoms with Crippen LogP contribution in [0.25, 0.3) is 0 Å². The summed E-state index contributed by atoms with van der Waals surface area (Å²) in [5, 5.41) is 4.62. The van der Waals surface area contributed by atoms with Crippen LogP contribution in [0.2, 0.25) is 0 Å². The van der Waals surface area contributed by atoms with Crippen molar-refractivity contribution in [1.82, 2.24) is 10.3 Å². The van der Waals surface area contributed by atoms with Crippen LogP contribution in [0.4, 0.5) is 0 Å². The predicted octanol–water partition coefficient (Wildman–Crippen LogP) is 1.99. The highest BCUT2D eigenvalue weighted by Crippen LogP contribution is 2.26. The molecule has 0 aliphatic carbocycles. The third-order valence-electron chi connectivity index (χ3n) is 3.37. The van der Waals surface area contributed by atoms with E-state index in [9.17, 15) is 8.42 Å². The highest BCUT2D eigenvalue weighted by molar-refractivity contribution is 7.91. The molecule has 0 aromatic carbocycles. The first kappa shape index (κ1) is 14.0. The largest absolute Gasteiger partial charge is 0.307 e. The Kier molecular flexibility index (Phi) is 4.08. The third kappa shape index (κ3) is 3.30. The Hall–Kier alpha value is -0.460. The van der Waals surface area contributed by atoms with Gasteiger partial charge in [0.15, 0.2) is 0 Å². The molecule has 1 atom stereocenters. The topological polar surface area (TPSA) is 59.1 Å². The molecule has 6 heteroatoms. The van der Waals surface area contributed by atoms with Gasteiger partial charge in [0.05, 0.1) is 22.2 Å². The zero-order valence-corrected chi connectivity index (χ0v) is 12.7. The van der Waals surface area contributed by atoms with Crippen molar-refractivity contribution < 1.29 is 8.42 Å². The van der Waals surface area contributed by atoms with Crippen molar-refractivity contribution in [2.24, 2.45) is 0 Å². The summed E-state index contributed by atoms with van der Waals surface area (Å²) in [6.45, 7) is 6.17. The molecule has 0 bridgehead atoms. The van der Waals surface area contributed by atoms with Crippen LogP contribution in [0.1, 0.15) is 41.4 Å². The first-order valence-electron chi connectivity index (χ1n) is 6.28. The van der Waals surface area contributed by atoms with Gasteiger partial charge in [-0.3, -0.25) is 0 Å². The first-order valence-corrected chi connectivity index (χ1v) is 8.91. The summed E-state index contributed by atoms with van der Waals surface area (Å²) in [6, 6.07) is 0.562. The molecule has 1 aromatic heterocycles. The molecule has 4 nitrogen and oxygen atoms in total. The lowest BCUT2D eigenvalue weighted by Crippen LogP contribution is -2.38. The molecule has 0 radical (unpaired) electrons. The lowest BCUT2D eigenvalue weighted by atomic mass is 10.1. The summed E-state index contributed by atoms with van der Waals surface area (Å²) in [4.78, 5) is 5.70. The maximum absolute atomic E-state index is 11.4. The van der Waals surface area contributed by atoms with Crippen molar-refractivity contribution in [2.45, 2.75) is 45.7 Å². The average molecular weight is 288 g/mol. The molecular formula is C12H20N2O2S2. The SMILES string of the molecule is Cc1nc(C)c(C(C)NC2CCS(=O)(=O)CC2)s1. The molecule has 0 amide bonds. The van der Waals surface area contributed by atoms with Gasteiger partial charge in [0.2, 0.25) is 0 Å². The number of rotatable bonds is 3. The van der Waals surface area contributed by atoms with Crippen molar-refractivity contribution in [3.63, 3.8) is 0 Å². The average Bonchev–Trinajstić information content (AvgIpc) is 2.61. The molecule has 1 saturated heterocycles. The number of aromatic nitrogens is 1. The van der Waals surface area contributed by atoms with Gasteiger partial charge in [-0.2, -0.15) is 0 Å². The van der Waals surface area contributed by atoms with Crippen LogP contribution in [-0.4, -0.2) is 30.9 Å². The van der Waals surface area contributed by atoms with Gasteiger partial charge in [-0.15, -0.1) is 11.3 Å². The summed E-state index contributed by atoms with van der Waals surface area (Å²) >= 11 is 1.72. The van der Waals surface area contributed by atoms with Crippen LogP contribution in [0.5, 0.6) is 0 Å². The van der Waals surface area contributed by atoms with E-state index in [4.69, 9.17) is 0 Å². The molecule has 1 fully saturated rings. The normalized spacial score (nSPS) is 21.9. The van der Waals surface area contributed by atoms with E-state index < -0.39 is 9.84 Å². The fraction of sp³-hybridized carbons (Fsp3) is 0.750. The number of aryl methyl sites for hydroxylation is 2. The molecule has 1 aliphatic heterocycles. The van der Waals surface area contributed by atoms with Gasteiger partial charge < -0.3 is 5.32 Å². The van der Waals surface area contributed by atoms with Crippen LogP contribution in [0, 0.1) is 13.8 Å². The molecule has 102 valence electrons.